The molecule has 0 atom stereocenters. The molecule has 3 heteroatoms. The highest BCUT2D eigenvalue weighted by atomic mass is 15.1. The van der Waals surface area contributed by atoms with Crippen LogP contribution in [0.1, 0.15) is 17.4 Å². The van der Waals surface area contributed by atoms with Crippen molar-refractivity contribution in [3.63, 3.8) is 0 Å². The third-order valence-corrected chi connectivity index (χ3v) is 2.45. The minimum absolute atomic E-state index is 0.113. The summed E-state index contributed by atoms with van der Waals surface area (Å²) in [6.45, 7) is 0. The second-order valence-electron chi connectivity index (χ2n) is 3.88. The number of hydrogen-bond donors (Lipinski definition) is 0. The van der Waals surface area contributed by atoms with Crippen molar-refractivity contribution in [2.45, 2.75) is 6.04 Å². The van der Waals surface area contributed by atoms with E-state index in [4.69, 9.17) is 0 Å². The Morgan fingerprint density at radius 3 is 1.69 bits per heavy atom. The molecule has 0 saturated heterocycles. The van der Waals surface area contributed by atoms with Crippen LogP contribution in [0.2, 0.25) is 0 Å². The third kappa shape index (κ3) is 2.25. The summed E-state index contributed by atoms with van der Waals surface area (Å²) < 4.78 is 0. The summed E-state index contributed by atoms with van der Waals surface area (Å²) in [5, 5.41) is 0. The van der Waals surface area contributed by atoms with Crippen LogP contribution in [0.3, 0.4) is 0 Å². The van der Waals surface area contributed by atoms with Gasteiger partial charge in [-0.05, 0) is 38.4 Å². The molecule has 0 fully saturated rings. The van der Waals surface area contributed by atoms with Gasteiger partial charge in [-0.25, -0.2) is 0 Å². The van der Waals surface area contributed by atoms with Crippen LogP contribution in [0.5, 0.6) is 0 Å². The first-order chi connectivity index (χ1) is 7.79. The Bertz CT molecular complexity index is 386. The van der Waals surface area contributed by atoms with Gasteiger partial charge in [0.25, 0.3) is 0 Å². The summed E-state index contributed by atoms with van der Waals surface area (Å²) in [7, 11) is 4.07. The molecule has 0 aliphatic carbocycles. The molecule has 2 aromatic rings. The van der Waals surface area contributed by atoms with Gasteiger partial charge in [-0.2, -0.15) is 0 Å². The maximum Gasteiger partial charge on any atom is 0.0944 e. The lowest BCUT2D eigenvalue weighted by molar-refractivity contribution is 0.330. The van der Waals surface area contributed by atoms with Gasteiger partial charge in [0.15, 0.2) is 0 Å². The van der Waals surface area contributed by atoms with Gasteiger partial charge in [0.05, 0.1) is 17.4 Å². The van der Waals surface area contributed by atoms with Gasteiger partial charge in [0.1, 0.15) is 0 Å². The molecule has 0 bridgehead atoms. The van der Waals surface area contributed by atoms with Gasteiger partial charge in [0.2, 0.25) is 0 Å². The molecule has 2 aromatic heterocycles. The average molecular weight is 213 g/mol. The van der Waals surface area contributed by atoms with E-state index >= 15 is 0 Å². The third-order valence-electron chi connectivity index (χ3n) is 2.45. The Labute approximate surface area is 95.8 Å². The molecule has 0 spiro atoms. The van der Waals surface area contributed by atoms with E-state index in [2.05, 4.69) is 14.9 Å². The molecule has 3 nitrogen and oxygen atoms in total. The molecular formula is C13H15N3. The molecule has 2 rings (SSSR count). The van der Waals surface area contributed by atoms with Gasteiger partial charge < -0.3 is 0 Å². The minimum Gasteiger partial charge on any atom is -0.296 e. The fraction of sp³-hybridized carbons (Fsp3) is 0.231. The van der Waals surface area contributed by atoms with Crippen molar-refractivity contribution in [1.82, 2.24) is 14.9 Å². The van der Waals surface area contributed by atoms with Gasteiger partial charge in [0, 0.05) is 12.4 Å². The van der Waals surface area contributed by atoms with Gasteiger partial charge in [-0.3, -0.25) is 14.9 Å². The standard InChI is InChI=1S/C13H15N3/c1-16(2)13(11-7-3-5-9-14-11)12-8-4-6-10-15-12/h3-10,13H,1-2H3. The molecule has 0 aromatic carbocycles. The predicted molar refractivity (Wildman–Crippen MR) is 64.0 cm³/mol. The first kappa shape index (κ1) is 10.8. The highest BCUT2D eigenvalue weighted by molar-refractivity contribution is 5.21. The van der Waals surface area contributed by atoms with Crippen molar-refractivity contribution in [2.75, 3.05) is 14.1 Å². The second-order valence-corrected chi connectivity index (χ2v) is 3.88. The SMILES string of the molecule is CN(C)C(c1ccccn1)c1ccccn1. The van der Waals surface area contributed by atoms with Crippen LogP contribution in [0.15, 0.2) is 48.8 Å². The first-order valence-electron chi connectivity index (χ1n) is 5.27. The van der Waals surface area contributed by atoms with Crippen LogP contribution in [-0.2, 0) is 0 Å². The second kappa shape index (κ2) is 4.86. The lowest BCUT2D eigenvalue weighted by Crippen LogP contribution is -2.22. The Hall–Kier alpha value is -1.74. The van der Waals surface area contributed by atoms with Crippen LogP contribution < -0.4 is 0 Å². The molecule has 0 N–H and O–H groups in total. The molecule has 0 amide bonds. The van der Waals surface area contributed by atoms with Crippen LogP contribution in [-0.4, -0.2) is 29.0 Å². The van der Waals surface area contributed by atoms with E-state index in [0.29, 0.717) is 0 Å². The van der Waals surface area contributed by atoms with E-state index < -0.39 is 0 Å². The van der Waals surface area contributed by atoms with E-state index in [1.165, 1.54) is 0 Å². The molecular weight excluding hydrogens is 198 g/mol. The first-order valence-corrected chi connectivity index (χ1v) is 5.27. The zero-order valence-corrected chi connectivity index (χ0v) is 9.54. The lowest BCUT2D eigenvalue weighted by atomic mass is 10.1. The Kier molecular flexibility index (Phi) is 3.27. The highest BCUT2D eigenvalue weighted by Gasteiger charge is 2.18. The predicted octanol–water partition coefficient (Wildman–Crippen LogP) is 2.13. The molecule has 0 radical (unpaired) electrons. The van der Waals surface area contributed by atoms with Crippen LogP contribution in [0.25, 0.3) is 0 Å². The monoisotopic (exact) mass is 213 g/mol. The summed E-state index contributed by atoms with van der Waals surface area (Å²) >= 11 is 0. The summed E-state index contributed by atoms with van der Waals surface area (Å²) in [6.07, 6.45) is 3.63. The maximum absolute atomic E-state index is 4.40. The molecule has 0 unspecified atom stereocenters. The van der Waals surface area contributed by atoms with Crippen molar-refractivity contribution in [2.24, 2.45) is 0 Å². The molecule has 82 valence electrons. The van der Waals surface area contributed by atoms with Gasteiger partial charge >= 0.3 is 0 Å². The molecule has 2 heterocycles. The lowest BCUT2D eigenvalue weighted by Gasteiger charge is -2.23. The summed E-state index contributed by atoms with van der Waals surface area (Å²) in [5.74, 6) is 0. The van der Waals surface area contributed by atoms with Crippen molar-refractivity contribution in [3.8, 4) is 0 Å². The van der Waals surface area contributed by atoms with Crippen molar-refractivity contribution >= 4 is 0 Å². The Morgan fingerprint density at radius 1 is 0.875 bits per heavy atom. The Morgan fingerprint density at radius 2 is 1.38 bits per heavy atom. The van der Waals surface area contributed by atoms with E-state index in [1.54, 1.807) is 0 Å². The van der Waals surface area contributed by atoms with Crippen LogP contribution in [0.4, 0.5) is 0 Å². The fourth-order valence-corrected chi connectivity index (χ4v) is 1.76. The highest BCUT2D eigenvalue weighted by Crippen LogP contribution is 2.22. The molecule has 16 heavy (non-hydrogen) atoms. The van der Waals surface area contributed by atoms with Crippen molar-refractivity contribution < 1.29 is 0 Å². The zero-order chi connectivity index (χ0) is 11.4. The summed E-state index contributed by atoms with van der Waals surface area (Å²) in [6, 6.07) is 12.0. The molecule has 0 saturated carbocycles. The number of aromatic nitrogens is 2. The number of hydrogen-bond acceptors (Lipinski definition) is 3. The quantitative estimate of drug-likeness (QED) is 0.782. The Balaban J connectivity index is 2.40. The van der Waals surface area contributed by atoms with E-state index in [0.717, 1.165) is 11.4 Å². The van der Waals surface area contributed by atoms with E-state index in [-0.39, 0.29) is 6.04 Å². The zero-order valence-electron chi connectivity index (χ0n) is 9.54. The number of rotatable bonds is 3. The van der Waals surface area contributed by atoms with E-state index in [1.807, 2.05) is 62.9 Å². The normalized spacial score (nSPS) is 11.0. The van der Waals surface area contributed by atoms with Crippen LogP contribution >= 0.6 is 0 Å². The fourth-order valence-electron chi connectivity index (χ4n) is 1.76. The topological polar surface area (TPSA) is 29.0 Å². The van der Waals surface area contributed by atoms with Gasteiger partial charge in [-0.15, -0.1) is 0 Å². The van der Waals surface area contributed by atoms with Crippen molar-refractivity contribution in [3.05, 3.63) is 60.2 Å². The summed E-state index contributed by atoms with van der Waals surface area (Å²) in [4.78, 5) is 10.9. The average Bonchev–Trinajstić information content (AvgIpc) is 2.31. The largest absolute Gasteiger partial charge is 0.296 e. The van der Waals surface area contributed by atoms with Crippen molar-refractivity contribution in [1.29, 1.82) is 0 Å². The molecule has 0 aliphatic rings. The number of pyridine rings is 2. The summed E-state index contributed by atoms with van der Waals surface area (Å²) in [5.41, 5.74) is 2.04. The smallest absolute Gasteiger partial charge is 0.0944 e. The van der Waals surface area contributed by atoms with E-state index in [9.17, 15) is 0 Å². The molecule has 0 aliphatic heterocycles. The minimum atomic E-state index is 0.113. The van der Waals surface area contributed by atoms with Gasteiger partial charge in [-0.1, -0.05) is 12.1 Å². The van der Waals surface area contributed by atoms with Crippen LogP contribution in [0, 0.1) is 0 Å². The maximum atomic E-state index is 4.40. The number of nitrogens with zero attached hydrogens (tertiary/aromatic N) is 3.